The Labute approximate surface area is 121 Å². The third-order valence-corrected chi connectivity index (χ3v) is 4.29. The summed E-state index contributed by atoms with van der Waals surface area (Å²) in [7, 11) is 0. The van der Waals surface area contributed by atoms with Gasteiger partial charge in [-0.3, -0.25) is 0 Å². The second-order valence-corrected chi connectivity index (χ2v) is 6.03. The zero-order valence-corrected chi connectivity index (χ0v) is 12.6. The van der Waals surface area contributed by atoms with Gasteiger partial charge in [-0.25, -0.2) is 4.79 Å². The van der Waals surface area contributed by atoms with Gasteiger partial charge in [-0.05, 0) is 42.9 Å². The third kappa shape index (κ3) is 3.51. The molecule has 0 saturated carbocycles. The number of carbonyl (C=O) groups is 1. The second kappa shape index (κ2) is 6.27. The maximum absolute atomic E-state index is 12.3. The van der Waals surface area contributed by atoms with Gasteiger partial charge in [0.25, 0.3) is 0 Å². The van der Waals surface area contributed by atoms with Crippen LogP contribution in [0.25, 0.3) is 0 Å². The highest BCUT2D eigenvalue weighted by atomic mass is 16.2. The van der Waals surface area contributed by atoms with Crippen LogP contribution < -0.4 is 11.1 Å². The first kappa shape index (κ1) is 14.9. The van der Waals surface area contributed by atoms with Crippen LogP contribution >= 0.6 is 0 Å². The van der Waals surface area contributed by atoms with Gasteiger partial charge >= 0.3 is 6.03 Å². The molecule has 1 aromatic carbocycles. The maximum atomic E-state index is 12.3. The predicted octanol–water partition coefficient (Wildman–Crippen LogP) is 3.22. The largest absolute Gasteiger partial charge is 0.324 e. The highest BCUT2D eigenvalue weighted by Gasteiger charge is 2.25. The standard InChI is InChI=1S/C16H25N3O/c1-11-7-8-19(10-12(11)2)16(20)18-15-6-4-5-14(9-15)13(3)17/h4-6,9,11-13H,7-8,10,17H2,1-3H3,(H,18,20). The van der Waals surface area contributed by atoms with Gasteiger partial charge in [0.1, 0.15) is 0 Å². The second-order valence-electron chi connectivity index (χ2n) is 6.03. The molecule has 0 bridgehead atoms. The van der Waals surface area contributed by atoms with Crippen molar-refractivity contribution in [1.82, 2.24) is 4.90 Å². The van der Waals surface area contributed by atoms with E-state index in [1.54, 1.807) is 0 Å². The van der Waals surface area contributed by atoms with Gasteiger partial charge in [0.2, 0.25) is 0 Å². The minimum atomic E-state index is -0.0253. The summed E-state index contributed by atoms with van der Waals surface area (Å²) < 4.78 is 0. The van der Waals surface area contributed by atoms with Crippen molar-refractivity contribution in [1.29, 1.82) is 0 Å². The van der Waals surface area contributed by atoms with E-state index < -0.39 is 0 Å². The monoisotopic (exact) mass is 275 g/mol. The van der Waals surface area contributed by atoms with Crippen molar-refractivity contribution in [3.63, 3.8) is 0 Å². The average molecular weight is 275 g/mol. The van der Waals surface area contributed by atoms with E-state index in [0.717, 1.165) is 30.8 Å². The van der Waals surface area contributed by atoms with Crippen molar-refractivity contribution >= 4 is 11.7 Å². The van der Waals surface area contributed by atoms with Gasteiger partial charge in [-0.1, -0.05) is 26.0 Å². The number of anilines is 1. The van der Waals surface area contributed by atoms with Crippen molar-refractivity contribution in [2.75, 3.05) is 18.4 Å². The fraction of sp³-hybridized carbons (Fsp3) is 0.562. The van der Waals surface area contributed by atoms with Crippen molar-refractivity contribution in [2.45, 2.75) is 33.2 Å². The van der Waals surface area contributed by atoms with Gasteiger partial charge in [-0.15, -0.1) is 0 Å². The summed E-state index contributed by atoms with van der Waals surface area (Å²) >= 11 is 0. The number of piperidine rings is 1. The number of hydrogen-bond donors (Lipinski definition) is 2. The van der Waals surface area contributed by atoms with Crippen LogP contribution in [0.5, 0.6) is 0 Å². The first-order valence-electron chi connectivity index (χ1n) is 7.39. The highest BCUT2D eigenvalue weighted by Crippen LogP contribution is 2.23. The molecule has 0 aromatic heterocycles. The molecule has 1 heterocycles. The lowest BCUT2D eigenvalue weighted by atomic mass is 9.89. The van der Waals surface area contributed by atoms with E-state index in [1.165, 1.54) is 0 Å². The molecule has 1 aliphatic heterocycles. The molecular formula is C16H25N3O. The first-order valence-corrected chi connectivity index (χ1v) is 7.39. The molecule has 3 atom stereocenters. The molecule has 0 aliphatic carbocycles. The minimum Gasteiger partial charge on any atom is -0.324 e. The number of rotatable bonds is 2. The van der Waals surface area contributed by atoms with Gasteiger partial charge < -0.3 is 16.0 Å². The van der Waals surface area contributed by atoms with E-state index in [-0.39, 0.29) is 12.1 Å². The van der Waals surface area contributed by atoms with Crippen LogP contribution in [0.3, 0.4) is 0 Å². The van der Waals surface area contributed by atoms with E-state index in [0.29, 0.717) is 11.8 Å². The number of hydrogen-bond acceptors (Lipinski definition) is 2. The number of benzene rings is 1. The molecule has 2 rings (SSSR count). The lowest BCUT2D eigenvalue weighted by molar-refractivity contribution is 0.154. The van der Waals surface area contributed by atoms with Gasteiger partial charge in [0.15, 0.2) is 0 Å². The quantitative estimate of drug-likeness (QED) is 0.870. The zero-order chi connectivity index (χ0) is 14.7. The average Bonchev–Trinajstić information content (AvgIpc) is 2.42. The number of nitrogens with zero attached hydrogens (tertiary/aromatic N) is 1. The molecular weight excluding hydrogens is 250 g/mol. The van der Waals surface area contributed by atoms with Crippen LogP contribution in [0, 0.1) is 11.8 Å². The topological polar surface area (TPSA) is 58.4 Å². The minimum absolute atomic E-state index is 0.00873. The molecule has 3 N–H and O–H groups in total. The Balaban J connectivity index is 1.99. The molecule has 0 radical (unpaired) electrons. The number of nitrogens with two attached hydrogens (primary N) is 1. The molecule has 4 heteroatoms. The normalized spacial score (nSPS) is 24.3. The maximum Gasteiger partial charge on any atom is 0.321 e. The Hall–Kier alpha value is -1.55. The van der Waals surface area contributed by atoms with Crippen LogP contribution in [-0.4, -0.2) is 24.0 Å². The van der Waals surface area contributed by atoms with E-state index >= 15 is 0 Å². The van der Waals surface area contributed by atoms with Gasteiger partial charge in [0.05, 0.1) is 0 Å². The van der Waals surface area contributed by atoms with Crippen molar-refractivity contribution < 1.29 is 4.79 Å². The molecule has 1 aliphatic rings. The van der Waals surface area contributed by atoms with Crippen LogP contribution in [0.4, 0.5) is 10.5 Å². The summed E-state index contributed by atoms with van der Waals surface area (Å²) in [6.07, 6.45) is 1.08. The number of amides is 2. The predicted molar refractivity (Wildman–Crippen MR) is 82.6 cm³/mol. The lowest BCUT2D eigenvalue weighted by Gasteiger charge is -2.35. The molecule has 1 fully saturated rings. The number of nitrogens with one attached hydrogen (secondary N) is 1. The van der Waals surface area contributed by atoms with Crippen molar-refractivity contribution in [3.8, 4) is 0 Å². The van der Waals surface area contributed by atoms with Gasteiger partial charge in [0, 0.05) is 24.8 Å². The van der Waals surface area contributed by atoms with Crippen LogP contribution in [0.15, 0.2) is 24.3 Å². The summed E-state index contributed by atoms with van der Waals surface area (Å²) in [5, 5.41) is 2.97. The van der Waals surface area contributed by atoms with Crippen LogP contribution in [0.1, 0.15) is 38.8 Å². The van der Waals surface area contributed by atoms with E-state index in [9.17, 15) is 4.79 Å². The molecule has 1 aromatic rings. The van der Waals surface area contributed by atoms with Crippen molar-refractivity contribution in [3.05, 3.63) is 29.8 Å². The Bertz CT molecular complexity index is 473. The van der Waals surface area contributed by atoms with Crippen molar-refractivity contribution in [2.24, 2.45) is 17.6 Å². The smallest absolute Gasteiger partial charge is 0.321 e. The summed E-state index contributed by atoms with van der Waals surface area (Å²) in [5.74, 6) is 1.25. The summed E-state index contributed by atoms with van der Waals surface area (Å²) in [5.41, 5.74) is 7.71. The Kier molecular flexibility index (Phi) is 4.65. The molecule has 3 unspecified atom stereocenters. The van der Waals surface area contributed by atoms with Crippen LogP contribution in [-0.2, 0) is 0 Å². The number of likely N-dealkylation sites (tertiary alicyclic amines) is 1. The molecule has 20 heavy (non-hydrogen) atoms. The third-order valence-electron chi connectivity index (χ3n) is 4.29. The molecule has 110 valence electrons. The molecule has 0 spiro atoms. The lowest BCUT2D eigenvalue weighted by Crippen LogP contribution is -2.44. The molecule has 1 saturated heterocycles. The summed E-state index contributed by atoms with van der Waals surface area (Å²) in [6.45, 7) is 8.08. The summed E-state index contributed by atoms with van der Waals surface area (Å²) in [6, 6.07) is 7.71. The fourth-order valence-electron chi connectivity index (χ4n) is 2.55. The Morgan fingerprint density at radius 2 is 2.15 bits per heavy atom. The Morgan fingerprint density at radius 1 is 1.40 bits per heavy atom. The van der Waals surface area contributed by atoms with E-state index in [2.05, 4.69) is 19.2 Å². The number of urea groups is 1. The molecule has 2 amide bonds. The van der Waals surface area contributed by atoms with Crippen LogP contribution in [0.2, 0.25) is 0 Å². The van der Waals surface area contributed by atoms with E-state index in [1.807, 2.05) is 36.1 Å². The first-order chi connectivity index (χ1) is 9.47. The summed E-state index contributed by atoms with van der Waals surface area (Å²) in [4.78, 5) is 14.2. The highest BCUT2D eigenvalue weighted by molar-refractivity contribution is 5.89. The Morgan fingerprint density at radius 3 is 2.80 bits per heavy atom. The molecule has 4 nitrogen and oxygen atoms in total. The zero-order valence-electron chi connectivity index (χ0n) is 12.6. The SMILES string of the molecule is CC(N)c1cccc(NC(=O)N2CCC(C)C(C)C2)c1. The fourth-order valence-corrected chi connectivity index (χ4v) is 2.55. The number of carbonyl (C=O) groups excluding carboxylic acids is 1. The van der Waals surface area contributed by atoms with Gasteiger partial charge in [-0.2, -0.15) is 0 Å². The van der Waals surface area contributed by atoms with E-state index in [4.69, 9.17) is 5.73 Å².